The van der Waals surface area contributed by atoms with Crippen molar-refractivity contribution in [3.8, 4) is 0 Å². The summed E-state index contributed by atoms with van der Waals surface area (Å²) < 4.78 is 5.04. The van der Waals surface area contributed by atoms with Gasteiger partial charge in [0, 0.05) is 52.0 Å². The Hall–Kier alpha value is -1.11. The Morgan fingerprint density at radius 1 is 1.36 bits per heavy atom. The van der Waals surface area contributed by atoms with Gasteiger partial charge in [0.2, 0.25) is 0 Å². The predicted molar refractivity (Wildman–Crippen MR) is 90.4 cm³/mol. The highest BCUT2D eigenvalue weighted by Crippen LogP contribution is 2.23. The van der Waals surface area contributed by atoms with Gasteiger partial charge < -0.3 is 15.0 Å². The second kappa shape index (κ2) is 8.50. The van der Waals surface area contributed by atoms with Crippen molar-refractivity contribution in [3.05, 3.63) is 22.4 Å². The van der Waals surface area contributed by atoms with E-state index in [0.29, 0.717) is 12.6 Å². The Bertz CT molecular complexity index is 444. The number of nitrogens with one attached hydrogen (secondary N) is 1. The Morgan fingerprint density at radius 2 is 2.09 bits per heavy atom. The SMILES string of the molecule is COCC[C@H](C)NC(=O)N1CCN([C@H](C)c2ccsc2)CC1. The monoisotopic (exact) mass is 325 g/mol. The highest BCUT2D eigenvalue weighted by Gasteiger charge is 2.25. The second-order valence-electron chi connectivity index (χ2n) is 5.89. The summed E-state index contributed by atoms with van der Waals surface area (Å²) in [5, 5.41) is 7.38. The fraction of sp³-hybridized carbons (Fsp3) is 0.688. The molecule has 1 saturated heterocycles. The lowest BCUT2D eigenvalue weighted by Gasteiger charge is -2.38. The number of amides is 2. The van der Waals surface area contributed by atoms with Crippen LogP contribution in [0.4, 0.5) is 4.79 Å². The topological polar surface area (TPSA) is 44.8 Å². The lowest BCUT2D eigenvalue weighted by molar-refractivity contribution is 0.111. The minimum atomic E-state index is 0.0476. The molecule has 0 spiro atoms. The number of carbonyl (C=O) groups excluding carboxylic acids is 1. The molecule has 1 fully saturated rings. The van der Waals surface area contributed by atoms with Gasteiger partial charge in [-0.05, 0) is 42.7 Å². The van der Waals surface area contributed by atoms with Gasteiger partial charge in [0.25, 0.3) is 0 Å². The number of nitrogens with zero attached hydrogens (tertiary/aromatic N) is 2. The molecular weight excluding hydrogens is 298 g/mol. The molecule has 2 rings (SSSR count). The maximum Gasteiger partial charge on any atom is 0.317 e. The van der Waals surface area contributed by atoms with Crippen molar-refractivity contribution in [2.75, 3.05) is 39.9 Å². The van der Waals surface area contributed by atoms with Crippen molar-refractivity contribution in [1.29, 1.82) is 0 Å². The van der Waals surface area contributed by atoms with Crippen LogP contribution in [0.2, 0.25) is 0 Å². The van der Waals surface area contributed by atoms with Gasteiger partial charge in [0.1, 0.15) is 0 Å². The zero-order valence-corrected chi connectivity index (χ0v) is 14.6. The predicted octanol–water partition coefficient (Wildman–Crippen LogP) is 2.56. The van der Waals surface area contributed by atoms with Gasteiger partial charge in [-0.1, -0.05) is 0 Å². The van der Waals surface area contributed by atoms with E-state index in [4.69, 9.17) is 4.74 Å². The molecule has 1 aliphatic heterocycles. The molecule has 2 atom stereocenters. The van der Waals surface area contributed by atoms with Crippen molar-refractivity contribution in [2.24, 2.45) is 0 Å². The fourth-order valence-electron chi connectivity index (χ4n) is 2.70. The van der Waals surface area contributed by atoms with E-state index in [-0.39, 0.29) is 12.1 Å². The molecule has 0 aliphatic carbocycles. The summed E-state index contributed by atoms with van der Waals surface area (Å²) in [6.45, 7) is 8.37. The number of urea groups is 1. The van der Waals surface area contributed by atoms with Gasteiger partial charge in [0.05, 0.1) is 0 Å². The number of hydrogen-bond donors (Lipinski definition) is 1. The summed E-state index contributed by atoms with van der Waals surface area (Å²) in [6, 6.07) is 2.81. The average molecular weight is 325 g/mol. The van der Waals surface area contributed by atoms with E-state index >= 15 is 0 Å². The first kappa shape index (κ1) is 17.2. The van der Waals surface area contributed by atoms with Gasteiger partial charge in [-0.25, -0.2) is 4.79 Å². The highest BCUT2D eigenvalue weighted by atomic mass is 32.1. The molecular formula is C16H27N3O2S. The minimum Gasteiger partial charge on any atom is -0.385 e. The molecule has 1 aromatic heterocycles. The largest absolute Gasteiger partial charge is 0.385 e. The van der Waals surface area contributed by atoms with Crippen LogP contribution < -0.4 is 5.32 Å². The second-order valence-corrected chi connectivity index (χ2v) is 6.67. The summed E-state index contributed by atoms with van der Waals surface area (Å²) >= 11 is 1.74. The van der Waals surface area contributed by atoms with E-state index in [0.717, 1.165) is 32.6 Å². The molecule has 2 heterocycles. The highest BCUT2D eigenvalue weighted by molar-refractivity contribution is 7.07. The number of carbonyl (C=O) groups is 1. The zero-order valence-electron chi connectivity index (χ0n) is 13.7. The van der Waals surface area contributed by atoms with E-state index < -0.39 is 0 Å². The van der Waals surface area contributed by atoms with E-state index in [1.807, 2.05) is 11.8 Å². The summed E-state index contributed by atoms with van der Waals surface area (Å²) in [6.07, 6.45) is 0.845. The first-order valence-electron chi connectivity index (χ1n) is 7.92. The van der Waals surface area contributed by atoms with Crippen molar-refractivity contribution in [1.82, 2.24) is 15.1 Å². The lowest BCUT2D eigenvalue weighted by atomic mass is 10.1. The molecule has 0 saturated carbocycles. The Labute approximate surface area is 137 Å². The normalized spacial score (nSPS) is 19.0. The van der Waals surface area contributed by atoms with Gasteiger partial charge >= 0.3 is 6.03 Å². The van der Waals surface area contributed by atoms with Crippen LogP contribution in [0.3, 0.4) is 0 Å². The van der Waals surface area contributed by atoms with Crippen LogP contribution in [-0.2, 0) is 4.74 Å². The summed E-state index contributed by atoms with van der Waals surface area (Å²) in [4.78, 5) is 16.6. The molecule has 124 valence electrons. The van der Waals surface area contributed by atoms with Crippen LogP contribution in [0.5, 0.6) is 0 Å². The molecule has 22 heavy (non-hydrogen) atoms. The van der Waals surface area contributed by atoms with Crippen LogP contribution in [0, 0.1) is 0 Å². The van der Waals surface area contributed by atoms with Crippen LogP contribution >= 0.6 is 11.3 Å². The zero-order chi connectivity index (χ0) is 15.9. The maximum atomic E-state index is 12.2. The number of rotatable bonds is 6. The minimum absolute atomic E-state index is 0.0476. The fourth-order valence-corrected chi connectivity index (χ4v) is 3.45. The van der Waals surface area contributed by atoms with E-state index in [2.05, 4.69) is 34.0 Å². The van der Waals surface area contributed by atoms with Crippen LogP contribution in [-0.4, -0.2) is 61.8 Å². The van der Waals surface area contributed by atoms with E-state index in [1.165, 1.54) is 5.56 Å². The lowest BCUT2D eigenvalue weighted by Crippen LogP contribution is -2.53. The molecule has 0 bridgehead atoms. The smallest absolute Gasteiger partial charge is 0.317 e. The Morgan fingerprint density at radius 3 is 2.68 bits per heavy atom. The van der Waals surface area contributed by atoms with E-state index in [9.17, 15) is 4.79 Å². The molecule has 6 heteroatoms. The first-order valence-corrected chi connectivity index (χ1v) is 8.86. The van der Waals surface area contributed by atoms with Gasteiger partial charge in [-0.15, -0.1) is 0 Å². The third kappa shape index (κ3) is 4.69. The van der Waals surface area contributed by atoms with Crippen molar-refractivity contribution in [2.45, 2.75) is 32.4 Å². The molecule has 1 aromatic rings. The summed E-state index contributed by atoms with van der Waals surface area (Å²) in [5.74, 6) is 0. The Balaban J connectivity index is 1.75. The van der Waals surface area contributed by atoms with Gasteiger partial charge in [0.15, 0.2) is 0 Å². The number of ether oxygens (including phenoxy) is 1. The molecule has 0 unspecified atom stereocenters. The number of methoxy groups -OCH3 is 1. The Kier molecular flexibility index (Phi) is 6.67. The molecule has 1 N–H and O–H groups in total. The average Bonchev–Trinajstić information content (AvgIpc) is 3.06. The third-order valence-corrected chi connectivity index (χ3v) is 5.00. The summed E-state index contributed by atoms with van der Waals surface area (Å²) in [7, 11) is 1.68. The number of hydrogen-bond acceptors (Lipinski definition) is 4. The quantitative estimate of drug-likeness (QED) is 0.874. The molecule has 2 amide bonds. The molecule has 0 aromatic carbocycles. The van der Waals surface area contributed by atoms with Crippen LogP contribution in [0.1, 0.15) is 31.9 Å². The molecule has 5 nitrogen and oxygen atoms in total. The standard InChI is InChI=1S/C16H27N3O2S/c1-13(4-10-21-3)17-16(20)19-8-6-18(7-9-19)14(2)15-5-11-22-12-15/h5,11-14H,4,6-10H2,1-3H3,(H,17,20)/t13-,14+/m0/s1. The van der Waals surface area contributed by atoms with Crippen molar-refractivity contribution in [3.63, 3.8) is 0 Å². The summed E-state index contributed by atoms with van der Waals surface area (Å²) in [5.41, 5.74) is 1.37. The van der Waals surface area contributed by atoms with Crippen molar-refractivity contribution >= 4 is 17.4 Å². The van der Waals surface area contributed by atoms with Crippen molar-refractivity contribution < 1.29 is 9.53 Å². The van der Waals surface area contributed by atoms with Gasteiger partial charge in [-0.3, -0.25) is 4.90 Å². The number of piperazine rings is 1. The maximum absolute atomic E-state index is 12.2. The molecule has 0 radical (unpaired) electrons. The number of thiophene rings is 1. The van der Waals surface area contributed by atoms with Crippen LogP contribution in [0.15, 0.2) is 16.8 Å². The molecule has 1 aliphatic rings. The van der Waals surface area contributed by atoms with Crippen LogP contribution in [0.25, 0.3) is 0 Å². The van der Waals surface area contributed by atoms with E-state index in [1.54, 1.807) is 18.4 Å². The first-order chi connectivity index (χ1) is 10.6. The third-order valence-electron chi connectivity index (χ3n) is 4.30. The van der Waals surface area contributed by atoms with Gasteiger partial charge in [-0.2, -0.15) is 11.3 Å².